The maximum atomic E-state index is 13.9. The van der Waals surface area contributed by atoms with Gasteiger partial charge in [-0.3, -0.25) is 19.4 Å². The largest absolute Gasteiger partial charge is 0.481 e. The number of carbonyl (C=O) groups excluding carboxylic acids is 2. The van der Waals surface area contributed by atoms with Gasteiger partial charge in [0.15, 0.2) is 5.54 Å². The second kappa shape index (κ2) is 9.38. The Bertz CT molecular complexity index is 996. The number of aromatic nitrogens is 1. The molecular formula is C23H30N4O4S. The van der Waals surface area contributed by atoms with Crippen molar-refractivity contribution in [2.24, 2.45) is 5.41 Å². The van der Waals surface area contributed by atoms with Gasteiger partial charge in [-0.25, -0.2) is 4.98 Å². The zero-order chi connectivity index (χ0) is 23.5. The second-order valence-electron chi connectivity index (χ2n) is 8.08. The number of likely N-dealkylation sites (N-methyl/N-ethyl adjacent to an activating group) is 2. The Hall–Kier alpha value is -2.78. The summed E-state index contributed by atoms with van der Waals surface area (Å²) >= 11 is 1.42. The highest BCUT2D eigenvalue weighted by Gasteiger charge is 2.66. The van der Waals surface area contributed by atoms with E-state index >= 15 is 0 Å². The minimum absolute atomic E-state index is 0.124. The Morgan fingerprint density at radius 1 is 1.25 bits per heavy atom. The first-order valence-electron chi connectivity index (χ1n) is 10.8. The first kappa shape index (κ1) is 23.9. The Labute approximate surface area is 192 Å². The van der Waals surface area contributed by atoms with Crippen molar-refractivity contribution >= 4 is 29.1 Å². The molecule has 3 rings (SSSR count). The van der Waals surface area contributed by atoms with Gasteiger partial charge in [0.25, 0.3) is 0 Å². The van der Waals surface area contributed by atoms with Gasteiger partial charge >= 0.3 is 5.97 Å². The molecule has 172 valence electrons. The standard InChI is InChI=1S/C23H30N4O4S/c1-5-9-19(28)26-13-12-22(3,21(30)31)23(20(29)24-4,27(26)6-2)17-11-8-7-10-16(17)18-14-32-15-25-18/h7-8,10-11,14-15H,5-6,9,12-13H2,1-4H3,(H,24,29)(H,30,31)/t22-,23-/m1/s1. The molecule has 1 saturated heterocycles. The number of hydrazine groups is 1. The summed E-state index contributed by atoms with van der Waals surface area (Å²) in [6.45, 7) is 5.86. The highest BCUT2D eigenvalue weighted by atomic mass is 32.1. The highest BCUT2D eigenvalue weighted by Crippen LogP contribution is 2.53. The fraction of sp³-hybridized carbons (Fsp3) is 0.478. The molecule has 1 aliphatic rings. The van der Waals surface area contributed by atoms with E-state index in [0.29, 0.717) is 29.7 Å². The molecule has 1 fully saturated rings. The highest BCUT2D eigenvalue weighted by molar-refractivity contribution is 7.07. The Balaban J connectivity index is 2.41. The van der Waals surface area contributed by atoms with Crippen molar-refractivity contribution in [3.8, 4) is 11.3 Å². The Kier molecular flexibility index (Phi) is 7.00. The van der Waals surface area contributed by atoms with Crippen LogP contribution in [0.4, 0.5) is 0 Å². The van der Waals surface area contributed by atoms with Crippen molar-refractivity contribution in [3.63, 3.8) is 0 Å². The third-order valence-corrected chi connectivity index (χ3v) is 6.99. The lowest BCUT2D eigenvalue weighted by Gasteiger charge is -2.58. The van der Waals surface area contributed by atoms with Gasteiger partial charge in [0.1, 0.15) is 5.41 Å². The van der Waals surface area contributed by atoms with E-state index in [1.54, 1.807) is 34.6 Å². The molecule has 0 unspecified atom stereocenters. The van der Waals surface area contributed by atoms with Crippen molar-refractivity contribution in [1.82, 2.24) is 20.3 Å². The van der Waals surface area contributed by atoms with E-state index in [9.17, 15) is 19.5 Å². The molecule has 32 heavy (non-hydrogen) atoms. The van der Waals surface area contributed by atoms with Crippen molar-refractivity contribution in [3.05, 3.63) is 40.7 Å². The summed E-state index contributed by atoms with van der Waals surface area (Å²) < 4.78 is 0. The Morgan fingerprint density at radius 2 is 1.97 bits per heavy atom. The van der Waals surface area contributed by atoms with Gasteiger partial charge in [-0.1, -0.05) is 38.1 Å². The molecule has 0 radical (unpaired) electrons. The van der Waals surface area contributed by atoms with E-state index in [1.807, 2.05) is 31.4 Å². The third-order valence-electron chi connectivity index (χ3n) is 6.40. The number of nitrogens with zero attached hydrogens (tertiary/aromatic N) is 3. The van der Waals surface area contributed by atoms with E-state index < -0.39 is 22.8 Å². The van der Waals surface area contributed by atoms with Gasteiger partial charge in [-0.05, 0) is 25.3 Å². The molecule has 2 heterocycles. The lowest BCUT2D eigenvalue weighted by atomic mass is 9.61. The molecule has 2 aromatic rings. The van der Waals surface area contributed by atoms with Gasteiger partial charge in [0, 0.05) is 37.5 Å². The summed E-state index contributed by atoms with van der Waals surface area (Å²) in [5.41, 5.74) is 0.390. The van der Waals surface area contributed by atoms with Gasteiger partial charge in [0.05, 0.1) is 11.2 Å². The van der Waals surface area contributed by atoms with Crippen LogP contribution in [0.5, 0.6) is 0 Å². The van der Waals surface area contributed by atoms with E-state index in [1.165, 1.54) is 18.4 Å². The number of thiazole rings is 1. The van der Waals surface area contributed by atoms with Crippen LogP contribution in [0.2, 0.25) is 0 Å². The SMILES string of the molecule is CCCC(=O)N1CC[C@](C)(C(=O)O)[C@](C(=O)NC)(c2ccccc2-c2cscn2)N1CC. The number of carboxylic acid groups (broad SMARTS) is 1. The van der Waals surface area contributed by atoms with Crippen LogP contribution in [-0.2, 0) is 19.9 Å². The molecule has 2 atom stereocenters. The average Bonchev–Trinajstić information content (AvgIpc) is 3.33. The summed E-state index contributed by atoms with van der Waals surface area (Å²) in [6, 6.07) is 7.26. The molecule has 0 bridgehead atoms. The zero-order valence-corrected chi connectivity index (χ0v) is 19.7. The fourth-order valence-electron chi connectivity index (χ4n) is 4.84. The number of aliphatic carboxylic acids is 1. The number of nitrogens with one attached hydrogen (secondary N) is 1. The smallest absolute Gasteiger partial charge is 0.312 e. The molecule has 0 saturated carbocycles. The summed E-state index contributed by atoms with van der Waals surface area (Å²) in [5.74, 6) is -1.68. The molecule has 2 amide bonds. The minimum Gasteiger partial charge on any atom is -0.481 e. The normalized spacial score (nSPS) is 23.7. The summed E-state index contributed by atoms with van der Waals surface area (Å²) in [6.07, 6.45) is 1.11. The summed E-state index contributed by atoms with van der Waals surface area (Å²) in [7, 11) is 1.50. The summed E-state index contributed by atoms with van der Waals surface area (Å²) in [5, 5.41) is 18.3. The molecule has 1 aliphatic heterocycles. The number of benzene rings is 1. The molecule has 9 heteroatoms. The number of rotatable bonds is 7. The maximum absolute atomic E-state index is 13.9. The monoisotopic (exact) mass is 458 g/mol. The average molecular weight is 459 g/mol. The van der Waals surface area contributed by atoms with Crippen molar-refractivity contribution in [2.45, 2.75) is 45.6 Å². The summed E-state index contributed by atoms with van der Waals surface area (Å²) in [4.78, 5) is 44.2. The van der Waals surface area contributed by atoms with Crippen LogP contribution < -0.4 is 5.32 Å². The maximum Gasteiger partial charge on any atom is 0.312 e. The molecule has 0 aliphatic carbocycles. The van der Waals surface area contributed by atoms with E-state index in [2.05, 4.69) is 10.3 Å². The first-order valence-corrected chi connectivity index (χ1v) is 11.7. The van der Waals surface area contributed by atoms with Crippen LogP contribution in [0.1, 0.15) is 45.6 Å². The van der Waals surface area contributed by atoms with E-state index in [-0.39, 0.29) is 25.4 Å². The zero-order valence-electron chi connectivity index (χ0n) is 18.9. The molecule has 1 aromatic carbocycles. The van der Waals surface area contributed by atoms with Gasteiger partial charge < -0.3 is 10.4 Å². The van der Waals surface area contributed by atoms with Crippen LogP contribution in [0.15, 0.2) is 35.2 Å². The predicted octanol–water partition coefficient (Wildman–Crippen LogP) is 3.11. The third kappa shape index (κ3) is 3.49. The van der Waals surface area contributed by atoms with E-state index in [0.717, 1.165) is 0 Å². The lowest BCUT2D eigenvalue weighted by molar-refractivity contribution is -0.217. The number of amides is 2. The molecular weight excluding hydrogens is 428 g/mol. The van der Waals surface area contributed by atoms with Crippen molar-refractivity contribution in [2.75, 3.05) is 20.1 Å². The topological polar surface area (TPSA) is 103 Å². The lowest BCUT2D eigenvalue weighted by Crippen LogP contribution is -2.74. The van der Waals surface area contributed by atoms with Crippen molar-refractivity contribution < 1.29 is 19.5 Å². The quantitative estimate of drug-likeness (QED) is 0.661. The molecule has 0 spiro atoms. The Morgan fingerprint density at radius 3 is 2.53 bits per heavy atom. The van der Waals surface area contributed by atoms with Gasteiger partial charge in [-0.2, -0.15) is 5.01 Å². The molecule has 2 N–H and O–H groups in total. The van der Waals surface area contributed by atoms with Crippen molar-refractivity contribution in [1.29, 1.82) is 0 Å². The first-order chi connectivity index (χ1) is 15.3. The number of carbonyl (C=O) groups is 3. The van der Waals surface area contributed by atoms with Crippen LogP contribution in [0.25, 0.3) is 11.3 Å². The second-order valence-corrected chi connectivity index (χ2v) is 8.80. The fourth-order valence-corrected chi connectivity index (χ4v) is 5.40. The van der Waals surface area contributed by atoms with Crippen LogP contribution in [0, 0.1) is 5.41 Å². The number of hydrogen-bond donors (Lipinski definition) is 2. The predicted molar refractivity (Wildman–Crippen MR) is 123 cm³/mol. The number of hydrogen-bond acceptors (Lipinski definition) is 6. The minimum atomic E-state index is -1.66. The van der Waals surface area contributed by atoms with Crippen LogP contribution in [-0.4, -0.2) is 58.0 Å². The van der Waals surface area contributed by atoms with Gasteiger partial charge in [0.2, 0.25) is 11.8 Å². The number of carboxylic acids is 1. The molecule has 1 aromatic heterocycles. The van der Waals surface area contributed by atoms with Gasteiger partial charge in [-0.15, -0.1) is 11.3 Å². The van der Waals surface area contributed by atoms with Crippen LogP contribution >= 0.6 is 11.3 Å². The van der Waals surface area contributed by atoms with E-state index in [4.69, 9.17) is 0 Å². The molecule has 8 nitrogen and oxygen atoms in total. The van der Waals surface area contributed by atoms with Crippen LogP contribution in [0.3, 0.4) is 0 Å².